The van der Waals surface area contributed by atoms with Crippen molar-refractivity contribution in [3.05, 3.63) is 35.9 Å². The minimum atomic E-state index is -0.853. The molecule has 1 heterocycles. The number of hydrogen-bond donors (Lipinski definition) is 2. The number of likely N-dealkylation sites (tertiary alicyclic amines) is 1. The Bertz CT molecular complexity index is 886. The van der Waals surface area contributed by atoms with Gasteiger partial charge in [0, 0.05) is 20.1 Å². The molecule has 0 spiro atoms. The molecule has 1 aromatic rings. The van der Waals surface area contributed by atoms with Crippen LogP contribution in [0.4, 0.5) is 9.59 Å². The number of carbonyl (C=O) groups is 3. The van der Waals surface area contributed by atoms with E-state index in [0.717, 1.165) is 23.5 Å². The highest BCUT2D eigenvalue weighted by Gasteiger charge is 2.32. The van der Waals surface area contributed by atoms with Crippen LogP contribution in [0, 0.1) is 5.92 Å². The van der Waals surface area contributed by atoms with Gasteiger partial charge in [0.1, 0.15) is 18.2 Å². The van der Waals surface area contributed by atoms with Crippen LogP contribution in [-0.2, 0) is 25.7 Å². The number of nitrogens with one attached hydrogen (secondary N) is 1. The van der Waals surface area contributed by atoms with Crippen molar-refractivity contribution in [2.45, 2.75) is 58.3 Å². The van der Waals surface area contributed by atoms with Gasteiger partial charge >= 0.3 is 12.2 Å². The number of hydrogen-bond acceptors (Lipinski definition) is 6. The molecule has 1 aliphatic heterocycles. The lowest BCUT2D eigenvalue weighted by Gasteiger charge is -2.35. The van der Waals surface area contributed by atoms with Gasteiger partial charge in [0.05, 0.1) is 7.11 Å². The summed E-state index contributed by atoms with van der Waals surface area (Å²) >= 11 is 0. The first kappa shape index (κ1) is 27.9. The topological polar surface area (TPSA) is 136 Å². The van der Waals surface area contributed by atoms with Crippen molar-refractivity contribution < 1.29 is 28.7 Å². The Morgan fingerprint density at radius 1 is 1.26 bits per heavy atom. The first-order chi connectivity index (χ1) is 16.5. The van der Waals surface area contributed by atoms with E-state index in [1.165, 1.54) is 14.2 Å². The lowest BCUT2D eigenvalue weighted by molar-refractivity contribution is -0.171. The summed E-state index contributed by atoms with van der Waals surface area (Å²) in [5.74, 6) is -0.335. The van der Waals surface area contributed by atoms with Crippen LogP contribution in [0.5, 0.6) is 0 Å². The zero-order valence-electron chi connectivity index (χ0n) is 21.2. The third-order valence-corrected chi connectivity index (χ3v) is 5.40. The number of nitrogens with zero attached hydrogens (tertiary/aromatic N) is 3. The quantitative estimate of drug-likeness (QED) is 0.338. The summed E-state index contributed by atoms with van der Waals surface area (Å²) in [6, 6.07) is 8.43. The molecule has 1 aliphatic rings. The minimum absolute atomic E-state index is 0.00646. The van der Waals surface area contributed by atoms with E-state index in [1.54, 1.807) is 25.7 Å². The molecule has 0 radical (unpaired) electrons. The average Bonchev–Trinajstić information content (AvgIpc) is 2.81. The van der Waals surface area contributed by atoms with Crippen molar-refractivity contribution >= 4 is 24.1 Å². The number of guanidine groups is 1. The summed E-state index contributed by atoms with van der Waals surface area (Å²) in [5.41, 5.74) is 6.23. The third-order valence-electron chi connectivity index (χ3n) is 5.40. The maximum absolute atomic E-state index is 12.8. The molecule has 1 aromatic carbocycles. The molecule has 0 saturated carbocycles. The van der Waals surface area contributed by atoms with E-state index in [-0.39, 0.29) is 18.5 Å². The summed E-state index contributed by atoms with van der Waals surface area (Å²) in [4.78, 5) is 47.9. The van der Waals surface area contributed by atoms with Gasteiger partial charge in [0.2, 0.25) is 5.96 Å². The lowest BCUT2D eigenvalue weighted by Crippen LogP contribution is -2.51. The van der Waals surface area contributed by atoms with Crippen LogP contribution in [0.3, 0.4) is 0 Å². The van der Waals surface area contributed by atoms with Gasteiger partial charge in [-0.1, -0.05) is 30.3 Å². The van der Waals surface area contributed by atoms with Crippen molar-refractivity contribution in [1.82, 2.24) is 15.3 Å². The van der Waals surface area contributed by atoms with Crippen molar-refractivity contribution in [1.29, 1.82) is 0 Å². The van der Waals surface area contributed by atoms with E-state index in [0.29, 0.717) is 19.5 Å². The maximum atomic E-state index is 12.8. The van der Waals surface area contributed by atoms with Gasteiger partial charge in [-0.3, -0.25) is 9.63 Å². The van der Waals surface area contributed by atoms with Crippen LogP contribution in [-0.4, -0.2) is 72.9 Å². The highest BCUT2D eigenvalue weighted by atomic mass is 16.7. The molecule has 0 bridgehead atoms. The molecule has 1 fully saturated rings. The lowest BCUT2D eigenvalue weighted by atomic mass is 9.91. The zero-order chi connectivity index (χ0) is 26.0. The Balaban J connectivity index is 1.99. The molecule has 194 valence electrons. The molecule has 2 atom stereocenters. The molecular formula is C24H37N5O6. The molecule has 11 nitrogen and oxygen atoms in total. The molecule has 1 unspecified atom stereocenters. The normalized spacial score (nSPS) is 17.3. The van der Waals surface area contributed by atoms with Crippen LogP contribution in [0.2, 0.25) is 0 Å². The fourth-order valence-corrected chi connectivity index (χ4v) is 3.70. The summed E-state index contributed by atoms with van der Waals surface area (Å²) in [6.45, 7) is 6.43. The predicted octanol–water partition coefficient (Wildman–Crippen LogP) is 2.65. The number of likely N-dealkylation sites (N-methyl/N-ethyl adjacent to an activating group) is 1. The monoisotopic (exact) mass is 491 g/mol. The van der Waals surface area contributed by atoms with Gasteiger partial charge in [0.15, 0.2) is 0 Å². The molecule has 0 aliphatic carbocycles. The Morgan fingerprint density at radius 3 is 2.57 bits per heavy atom. The van der Waals surface area contributed by atoms with Gasteiger partial charge in [-0.2, -0.15) is 0 Å². The van der Waals surface area contributed by atoms with E-state index < -0.39 is 29.7 Å². The van der Waals surface area contributed by atoms with Gasteiger partial charge in [-0.15, -0.1) is 4.99 Å². The number of alkyl carbamates (subject to hydrolysis) is 1. The highest BCUT2D eigenvalue weighted by Crippen LogP contribution is 2.22. The van der Waals surface area contributed by atoms with Crippen molar-refractivity contribution in [3.8, 4) is 0 Å². The molecule has 11 heteroatoms. The smallest absolute Gasteiger partial charge is 0.437 e. The maximum Gasteiger partial charge on any atom is 0.437 e. The number of ether oxygens (including phenoxy) is 2. The number of piperidine rings is 1. The summed E-state index contributed by atoms with van der Waals surface area (Å²) < 4.78 is 10.5. The first-order valence-electron chi connectivity index (χ1n) is 11.6. The number of hydroxylamine groups is 2. The SMILES string of the molecule is CON(C)C(=O)[C@H](CC1CCCN(/C(N)=N\C(=O)OCc2ccccc2)C1)NC(=O)OC(C)(C)C. The standard InChI is InChI=1S/C24H37N5O6/c1-24(2,3)35-23(32)26-19(20(30)28(4)33-5)14-18-12-9-13-29(15-18)21(25)27-22(31)34-16-17-10-7-6-8-11-17/h6-8,10-11,18-19H,9,12-16H2,1-5H3,(H,26,32)(H2,25,27,31)/t18?,19-/m0/s1. The molecule has 1 saturated heterocycles. The van der Waals surface area contributed by atoms with Gasteiger partial charge in [-0.25, -0.2) is 14.7 Å². The van der Waals surface area contributed by atoms with Crippen LogP contribution in [0.1, 0.15) is 45.6 Å². The van der Waals surface area contributed by atoms with Gasteiger partial charge in [-0.05, 0) is 51.5 Å². The third kappa shape index (κ3) is 9.81. The fourth-order valence-electron chi connectivity index (χ4n) is 3.70. The Hall–Kier alpha value is -3.34. The van der Waals surface area contributed by atoms with Crippen LogP contribution >= 0.6 is 0 Å². The van der Waals surface area contributed by atoms with E-state index in [4.69, 9.17) is 20.0 Å². The summed E-state index contributed by atoms with van der Waals surface area (Å²) in [5, 5.41) is 3.73. The Labute approximate surface area is 206 Å². The number of amides is 3. The van der Waals surface area contributed by atoms with Gasteiger partial charge < -0.3 is 25.4 Å². The van der Waals surface area contributed by atoms with Crippen molar-refractivity contribution in [2.24, 2.45) is 16.6 Å². The van der Waals surface area contributed by atoms with E-state index >= 15 is 0 Å². The zero-order valence-corrected chi connectivity index (χ0v) is 21.2. The van der Waals surface area contributed by atoms with Crippen LogP contribution in [0.15, 0.2) is 35.3 Å². The second kappa shape index (κ2) is 12.9. The highest BCUT2D eigenvalue weighted by molar-refractivity contribution is 5.89. The summed E-state index contributed by atoms with van der Waals surface area (Å²) in [6.07, 6.45) is 0.491. The average molecular weight is 492 g/mol. The number of carbonyl (C=O) groups excluding carboxylic acids is 3. The Kier molecular flexibility index (Phi) is 10.3. The van der Waals surface area contributed by atoms with Crippen molar-refractivity contribution in [2.75, 3.05) is 27.2 Å². The largest absolute Gasteiger partial charge is 0.444 e. The second-order valence-electron chi connectivity index (χ2n) is 9.42. The molecule has 3 amide bonds. The minimum Gasteiger partial charge on any atom is -0.444 e. The van der Waals surface area contributed by atoms with E-state index in [2.05, 4.69) is 10.3 Å². The number of nitrogens with two attached hydrogens (primary N) is 1. The molecule has 2 rings (SSSR count). The fraction of sp³-hybridized carbons (Fsp3) is 0.583. The molecule has 35 heavy (non-hydrogen) atoms. The van der Waals surface area contributed by atoms with Crippen LogP contribution in [0.25, 0.3) is 0 Å². The number of aliphatic imine (C=N–C) groups is 1. The molecule has 3 N–H and O–H groups in total. The van der Waals surface area contributed by atoms with Crippen LogP contribution < -0.4 is 11.1 Å². The van der Waals surface area contributed by atoms with E-state index in [1.807, 2.05) is 30.3 Å². The number of benzene rings is 1. The Morgan fingerprint density at radius 2 is 1.94 bits per heavy atom. The van der Waals surface area contributed by atoms with Crippen molar-refractivity contribution in [3.63, 3.8) is 0 Å². The molecule has 0 aromatic heterocycles. The predicted molar refractivity (Wildman–Crippen MR) is 130 cm³/mol. The second-order valence-corrected chi connectivity index (χ2v) is 9.42. The number of rotatable bonds is 7. The molecular weight excluding hydrogens is 454 g/mol. The first-order valence-corrected chi connectivity index (χ1v) is 11.6. The summed E-state index contributed by atoms with van der Waals surface area (Å²) in [7, 11) is 2.85. The van der Waals surface area contributed by atoms with Gasteiger partial charge in [0.25, 0.3) is 5.91 Å². The van der Waals surface area contributed by atoms with E-state index in [9.17, 15) is 14.4 Å².